The van der Waals surface area contributed by atoms with Gasteiger partial charge in [0.25, 0.3) is 0 Å². The molecule has 0 radical (unpaired) electrons. The largest absolute Gasteiger partial charge is 0.376 e. The topological polar surface area (TPSA) is 3.24 Å². The van der Waals surface area contributed by atoms with Crippen LogP contribution < -0.4 is 0 Å². The second-order valence-corrected chi connectivity index (χ2v) is 6.23. The average Bonchev–Trinajstić information content (AvgIpc) is 2.02. The Morgan fingerprint density at radius 2 is 1.60 bits per heavy atom. The smallest absolute Gasteiger partial charge is 0.0342 e. The molecule has 0 fully saturated rings. The van der Waals surface area contributed by atoms with Crippen LogP contribution in [0.3, 0.4) is 0 Å². The minimum atomic E-state index is 0.222. The molecule has 0 aromatic carbocycles. The maximum atomic E-state index is 2.36. The van der Waals surface area contributed by atoms with Crippen LogP contribution in [0, 0.1) is 11.3 Å². The van der Waals surface area contributed by atoms with E-state index in [0.29, 0.717) is 5.41 Å². The van der Waals surface area contributed by atoms with Gasteiger partial charge in [0.2, 0.25) is 0 Å². The van der Waals surface area contributed by atoms with Crippen molar-refractivity contribution >= 4 is 0 Å². The van der Waals surface area contributed by atoms with Gasteiger partial charge in [0, 0.05) is 12.6 Å². The zero-order chi connectivity index (χ0) is 12.3. The van der Waals surface area contributed by atoms with Crippen molar-refractivity contribution in [3.05, 3.63) is 12.3 Å². The van der Waals surface area contributed by atoms with Crippen molar-refractivity contribution in [2.24, 2.45) is 11.3 Å². The van der Waals surface area contributed by atoms with Crippen LogP contribution in [-0.2, 0) is 0 Å². The molecule has 0 saturated heterocycles. The third kappa shape index (κ3) is 4.27. The molecular weight excluding hydrogens is 182 g/mol. The fourth-order valence-corrected chi connectivity index (χ4v) is 1.87. The zero-order valence-corrected chi connectivity index (χ0v) is 11.9. The van der Waals surface area contributed by atoms with Crippen LogP contribution in [0.15, 0.2) is 12.3 Å². The minimum absolute atomic E-state index is 0.222. The Morgan fingerprint density at radius 1 is 1.13 bits per heavy atom. The van der Waals surface area contributed by atoms with Crippen LogP contribution in [0.4, 0.5) is 0 Å². The first-order valence-electron chi connectivity index (χ1n) is 5.99. The third-order valence-electron chi connectivity index (χ3n) is 3.78. The Morgan fingerprint density at radius 3 is 1.93 bits per heavy atom. The summed E-state index contributed by atoms with van der Waals surface area (Å²) >= 11 is 0. The zero-order valence-electron chi connectivity index (χ0n) is 11.9. The van der Waals surface area contributed by atoms with Crippen LogP contribution in [-0.4, -0.2) is 17.5 Å². The van der Waals surface area contributed by atoms with Crippen molar-refractivity contribution in [3.63, 3.8) is 0 Å². The predicted octanol–water partition coefficient (Wildman–Crippen LogP) is 4.30. The summed E-state index contributed by atoms with van der Waals surface area (Å²) in [4.78, 5) is 2.32. The molecule has 90 valence electrons. The van der Waals surface area contributed by atoms with Crippen molar-refractivity contribution in [3.8, 4) is 0 Å². The fraction of sp³-hybridized carbons (Fsp3) is 0.857. The Hall–Kier alpha value is -0.460. The van der Waals surface area contributed by atoms with Gasteiger partial charge in [-0.25, -0.2) is 0 Å². The first-order chi connectivity index (χ1) is 6.63. The second-order valence-electron chi connectivity index (χ2n) is 6.23. The van der Waals surface area contributed by atoms with E-state index in [1.165, 1.54) is 6.42 Å². The molecule has 0 aromatic heterocycles. The standard InChI is InChI=1S/C14H29N/c1-9-10-15(8)14(6,7)11-13(4,5)12(2)3/h9-10,12H,11H2,1-8H3/b10-9-. The summed E-state index contributed by atoms with van der Waals surface area (Å²) in [7, 11) is 2.16. The predicted molar refractivity (Wildman–Crippen MR) is 69.9 cm³/mol. The lowest BCUT2D eigenvalue weighted by Crippen LogP contribution is -2.42. The highest BCUT2D eigenvalue weighted by Gasteiger charge is 2.32. The van der Waals surface area contributed by atoms with E-state index in [4.69, 9.17) is 0 Å². The maximum absolute atomic E-state index is 2.36. The van der Waals surface area contributed by atoms with E-state index >= 15 is 0 Å². The quantitative estimate of drug-likeness (QED) is 0.655. The lowest BCUT2D eigenvalue weighted by molar-refractivity contribution is 0.105. The SMILES string of the molecule is C/C=C\N(C)C(C)(C)CC(C)(C)C(C)C. The van der Waals surface area contributed by atoms with Crippen molar-refractivity contribution in [2.45, 2.75) is 60.4 Å². The lowest BCUT2D eigenvalue weighted by atomic mass is 9.72. The fourth-order valence-electron chi connectivity index (χ4n) is 1.87. The molecule has 0 bridgehead atoms. The van der Waals surface area contributed by atoms with E-state index in [2.05, 4.69) is 72.7 Å². The lowest BCUT2D eigenvalue weighted by Gasteiger charge is -2.43. The highest BCUT2D eigenvalue weighted by Crippen LogP contribution is 2.37. The van der Waals surface area contributed by atoms with E-state index < -0.39 is 0 Å². The van der Waals surface area contributed by atoms with Crippen LogP contribution >= 0.6 is 0 Å². The third-order valence-corrected chi connectivity index (χ3v) is 3.78. The molecule has 0 aromatic rings. The van der Waals surface area contributed by atoms with E-state index in [9.17, 15) is 0 Å². The van der Waals surface area contributed by atoms with Crippen molar-refractivity contribution < 1.29 is 0 Å². The summed E-state index contributed by atoms with van der Waals surface area (Å²) < 4.78 is 0. The molecule has 1 heteroatoms. The van der Waals surface area contributed by atoms with Crippen LogP contribution in [0.2, 0.25) is 0 Å². The van der Waals surface area contributed by atoms with Crippen LogP contribution in [0.5, 0.6) is 0 Å². The van der Waals surface area contributed by atoms with Gasteiger partial charge in [0.15, 0.2) is 0 Å². The molecule has 0 aliphatic heterocycles. The summed E-state index contributed by atoms with van der Waals surface area (Å²) in [5.74, 6) is 0.718. The van der Waals surface area contributed by atoms with E-state index in [-0.39, 0.29) is 5.54 Å². The van der Waals surface area contributed by atoms with Crippen LogP contribution in [0.25, 0.3) is 0 Å². The second kappa shape index (κ2) is 5.05. The van der Waals surface area contributed by atoms with Gasteiger partial charge in [0.1, 0.15) is 0 Å². The van der Waals surface area contributed by atoms with Gasteiger partial charge in [-0.1, -0.05) is 33.8 Å². The molecule has 0 amide bonds. The Labute approximate surface area is 96.6 Å². The first-order valence-corrected chi connectivity index (χ1v) is 5.99. The summed E-state index contributed by atoms with van der Waals surface area (Å²) in [5, 5.41) is 0. The Kier molecular flexibility index (Phi) is 4.89. The minimum Gasteiger partial charge on any atom is -0.376 e. The van der Waals surface area contributed by atoms with Gasteiger partial charge in [-0.2, -0.15) is 0 Å². The summed E-state index contributed by atoms with van der Waals surface area (Å²) in [6.45, 7) is 16.1. The summed E-state index contributed by atoms with van der Waals surface area (Å²) in [6.07, 6.45) is 5.47. The molecule has 0 saturated carbocycles. The van der Waals surface area contributed by atoms with Crippen molar-refractivity contribution in [2.75, 3.05) is 7.05 Å². The molecule has 15 heavy (non-hydrogen) atoms. The number of nitrogens with zero attached hydrogens (tertiary/aromatic N) is 1. The Balaban J connectivity index is 4.62. The van der Waals surface area contributed by atoms with Gasteiger partial charge in [-0.3, -0.25) is 0 Å². The summed E-state index contributed by atoms with van der Waals surface area (Å²) in [6, 6.07) is 0. The molecular formula is C14H29N. The summed E-state index contributed by atoms with van der Waals surface area (Å²) in [5.41, 5.74) is 0.611. The molecule has 0 rings (SSSR count). The molecule has 0 N–H and O–H groups in total. The highest BCUT2D eigenvalue weighted by atomic mass is 15.1. The number of allylic oxidation sites excluding steroid dienone is 1. The van der Waals surface area contributed by atoms with Gasteiger partial charge < -0.3 is 4.90 Å². The van der Waals surface area contributed by atoms with Gasteiger partial charge in [0.05, 0.1) is 0 Å². The number of rotatable bonds is 5. The van der Waals surface area contributed by atoms with Crippen molar-refractivity contribution in [1.29, 1.82) is 0 Å². The molecule has 0 atom stereocenters. The monoisotopic (exact) mass is 211 g/mol. The van der Waals surface area contributed by atoms with E-state index in [1.807, 2.05) is 0 Å². The normalized spacial score (nSPS) is 13.9. The molecule has 0 aliphatic rings. The first kappa shape index (κ1) is 14.5. The van der Waals surface area contributed by atoms with Gasteiger partial charge in [-0.05, 0) is 44.7 Å². The van der Waals surface area contributed by atoms with Crippen LogP contribution in [0.1, 0.15) is 54.9 Å². The number of hydrogen-bond donors (Lipinski definition) is 0. The van der Waals surface area contributed by atoms with E-state index in [0.717, 1.165) is 5.92 Å². The van der Waals surface area contributed by atoms with Gasteiger partial charge >= 0.3 is 0 Å². The molecule has 0 aliphatic carbocycles. The van der Waals surface area contributed by atoms with Crippen molar-refractivity contribution in [1.82, 2.24) is 4.90 Å². The molecule has 0 heterocycles. The number of hydrogen-bond acceptors (Lipinski definition) is 1. The highest BCUT2D eigenvalue weighted by molar-refractivity contribution is 4.92. The Bertz CT molecular complexity index is 211. The maximum Gasteiger partial charge on any atom is 0.0342 e. The molecule has 1 nitrogen and oxygen atoms in total. The molecule has 0 unspecified atom stereocenters. The van der Waals surface area contributed by atoms with Gasteiger partial charge in [-0.15, -0.1) is 0 Å². The van der Waals surface area contributed by atoms with E-state index in [1.54, 1.807) is 0 Å². The molecule has 0 spiro atoms. The average molecular weight is 211 g/mol.